The number of alkyl halides is 3. The quantitative estimate of drug-likeness (QED) is 0.875. The number of phenolic OH excluding ortho intramolecular Hbond substituents is 1. The van der Waals surface area contributed by atoms with Gasteiger partial charge in [0.05, 0.1) is 13.5 Å². The van der Waals surface area contributed by atoms with Crippen LogP contribution in [0.2, 0.25) is 0 Å². The average molecular weight is 304 g/mol. The predicted molar refractivity (Wildman–Crippen MR) is 67.4 cm³/mol. The molecular formula is C14H15F3O4. The number of aromatic hydroxyl groups is 1. The van der Waals surface area contributed by atoms with Crippen LogP contribution >= 0.6 is 0 Å². The fourth-order valence-corrected chi connectivity index (χ4v) is 2.53. The van der Waals surface area contributed by atoms with E-state index in [1.54, 1.807) is 0 Å². The molecule has 1 atom stereocenters. The lowest BCUT2D eigenvalue weighted by Gasteiger charge is -2.20. The van der Waals surface area contributed by atoms with Crippen LogP contribution in [0, 0.1) is 5.92 Å². The lowest BCUT2D eigenvalue weighted by atomic mass is 9.89. The summed E-state index contributed by atoms with van der Waals surface area (Å²) in [6, 6.07) is 1.97. The largest absolute Gasteiger partial charge is 0.504 e. The van der Waals surface area contributed by atoms with Crippen molar-refractivity contribution in [2.75, 3.05) is 7.11 Å². The van der Waals surface area contributed by atoms with Gasteiger partial charge in [0.15, 0.2) is 11.5 Å². The minimum absolute atomic E-state index is 0.0773. The molecule has 0 saturated heterocycles. The minimum atomic E-state index is -4.65. The first-order valence-electron chi connectivity index (χ1n) is 6.44. The van der Waals surface area contributed by atoms with Crippen molar-refractivity contribution in [2.24, 2.45) is 5.92 Å². The maximum absolute atomic E-state index is 12.8. The molecule has 1 aliphatic rings. The van der Waals surface area contributed by atoms with Gasteiger partial charge in [-0.25, -0.2) is 0 Å². The second kappa shape index (κ2) is 5.46. The predicted octanol–water partition coefficient (Wildman–Crippen LogP) is 3.39. The zero-order valence-corrected chi connectivity index (χ0v) is 11.3. The Morgan fingerprint density at radius 2 is 2.05 bits per heavy atom. The lowest BCUT2D eigenvalue weighted by molar-refractivity contribution is -0.139. The van der Waals surface area contributed by atoms with Gasteiger partial charge < -0.3 is 14.9 Å². The van der Waals surface area contributed by atoms with Crippen LogP contribution in [-0.4, -0.2) is 23.3 Å². The molecule has 116 valence electrons. The van der Waals surface area contributed by atoms with E-state index in [1.165, 1.54) is 0 Å². The van der Waals surface area contributed by atoms with Crippen molar-refractivity contribution in [1.29, 1.82) is 0 Å². The zero-order chi connectivity index (χ0) is 15.8. The lowest BCUT2D eigenvalue weighted by Crippen LogP contribution is -2.12. The Bertz CT molecular complexity index is 550. The Kier molecular flexibility index (Phi) is 4.02. The van der Waals surface area contributed by atoms with E-state index in [4.69, 9.17) is 5.11 Å². The molecule has 0 radical (unpaired) electrons. The molecular weight excluding hydrogens is 289 g/mol. The summed E-state index contributed by atoms with van der Waals surface area (Å²) in [6.45, 7) is 0. The van der Waals surface area contributed by atoms with Crippen LogP contribution in [-0.2, 0) is 11.0 Å². The molecule has 2 N–H and O–H groups in total. The molecule has 0 aromatic heterocycles. The van der Waals surface area contributed by atoms with Crippen LogP contribution in [0.5, 0.6) is 11.5 Å². The zero-order valence-electron chi connectivity index (χ0n) is 11.3. The molecule has 0 amide bonds. The second-order valence-electron chi connectivity index (χ2n) is 5.12. The van der Waals surface area contributed by atoms with E-state index in [9.17, 15) is 23.1 Å². The van der Waals surface area contributed by atoms with Crippen molar-refractivity contribution in [3.8, 4) is 11.5 Å². The molecule has 0 spiro atoms. The van der Waals surface area contributed by atoms with Crippen molar-refractivity contribution in [3.63, 3.8) is 0 Å². The van der Waals surface area contributed by atoms with Gasteiger partial charge in [-0.2, -0.15) is 13.2 Å². The van der Waals surface area contributed by atoms with Gasteiger partial charge in [-0.1, -0.05) is 6.07 Å². The molecule has 1 aromatic rings. The van der Waals surface area contributed by atoms with Gasteiger partial charge >= 0.3 is 12.1 Å². The minimum Gasteiger partial charge on any atom is -0.504 e. The molecule has 0 aliphatic heterocycles. The summed E-state index contributed by atoms with van der Waals surface area (Å²) in [5, 5.41) is 19.0. The van der Waals surface area contributed by atoms with E-state index in [2.05, 4.69) is 4.74 Å². The third-order valence-electron chi connectivity index (χ3n) is 3.66. The molecule has 21 heavy (non-hydrogen) atoms. The molecule has 1 aliphatic carbocycles. The van der Waals surface area contributed by atoms with Gasteiger partial charge in [-0.15, -0.1) is 0 Å². The standard InChI is InChI=1S/C14H15F3O4/c1-21-13-10(14(15,16)17)5-4-8(12(13)20)9(6-11(18)19)7-2-3-7/h4-5,7,9,20H,2-3,6H2,1H3,(H,18,19). The number of aliphatic carboxylic acids is 1. The third kappa shape index (κ3) is 3.22. The summed E-state index contributed by atoms with van der Waals surface area (Å²) in [6.07, 6.45) is -3.27. The van der Waals surface area contributed by atoms with Crippen LogP contribution < -0.4 is 4.74 Å². The second-order valence-corrected chi connectivity index (χ2v) is 5.12. The van der Waals surface area contributed by atoms with E-state index >= 15 is 0 Å². The number of carbonyl (C=O) groups is 1. The van der Waals surface area contributed by atoms with Crippen molar-refractivity contribution in [2.45, 2.75) is 31.4 Å². The van der Waals surface area contributed by atoms with Gasteiger partial charge in [0.25, 0.3) is 0 Å². The van der Waals surface area contributed by atoms with E-state index in [-0.39, 0.29) is 17.9 Å². The number of carboxylic acid groups (broad SMARTS) is 1. The molecule has 2 rings (SSSR count). The fourth-order valence-electron chi connectivity index (χ4n) is 2.53. The molecule has 1 aromatic carbocycles. The number of rotatable bonds is 5. The number of ether oxygens (including phenoxy) is 1. The first-order valence-corrected chi connectivity index (χ1v) is 6.44. The number of methoxy groups -OCH3 is 1. The number of hydrogen-bond donors (Lipinski definition) is 2. The molecule has 0 heterocycles. The Morgan fingerprint density at radius 3 is 2.48 bits per heavy atom. The maximum atomic E-state index is 12.8. The van der Waals surface area contributed by atoms with Crippen molar-refractivity contribution in [3.05, 3.63) is 23.3 Å². The Morgan fingerprint density at radius 1 is 1.43 bits per heavy atom. The van der Waals surface area contributed by atoms with Gasteiger partial charge in [-0.3, -0.25) is 4.79 Å². The van der Waals surface area contributed by atoms with Crippen molar-refractivity contribution < 1.29 is 32.9 Å². The summed E-state index contributed by atoms with van der Waals surface area (Å²) in [7, 11) is 1.04. The molecule has 1 saturated carbocycles. The van der Waals surface area contributed by atoms with Gasteiger partial charge in [0, 0.05) is 11.5 Å². The first-order chi connectivity index (χ1) is 9.75. The molecule has 1 fully saturated rings. The normalized spacial score (nSPS) is 16.6. The molecule has 0 bridgehead atoms. The smallest absolute Gasteiger partial charge is 0.420 e. The van der Waals surface area contributed by atoms with Crippen molar-refractivity contribution >= 4 is 5.97 Å². The van der Waals surface area contributed by atoms with E-state index in [0.29, 0.717) is 0 Å². The first kappa shape index (κ1) is 15.5. The summed E-state index contributed by atoms with van der Waals surface area (Å²) < 4.78 is 43.2. The average Bonchev–Trinajstić information content (AvgIpc) is 3.18. The van der Waals surface area contributed by atoms with Crippen LogP contribution in [0.3, 0.4) is 0 Å². The van der Waals surface area contributed by atoms with Crippen LogP contribution in [0.4, 0.5) is 13.2 Å². The van der Waals surface area contributed by atoms with Crippen LogP contribution in [0.1, 0.15) is 36.3 Å². The number of phenols is 1. The highest BCUT2D eigenvalue weighted by Crippen LogP contribution is 2.51. The SMILES string of the molecule is COc1c(C(F)(F)F)ccc(C(CC(=O)O)C2CC2)c1O. The van der Waals surface area contributed by atoms with Crippen LogP contribution in [0.25, 0.3) is 0 Å². The summed E-state index contributed by atoms with van der Waals surface area (Å²) >= 11 is 0. The number of carboxylic acids is 1. The topological polar surface area (TPSA) is 66.8 Å². The van der Waals surface area contributed by atoms with Crippen LogP contribution in [0.15, 0.2) is 12.1 Å². The van der Waals surface area contributed by atoms with E-state index < -0.39 is 35.1 Å². The van der Waals surface area contributed by atoms with Gasteiger partial charge in [0.2, 0.25) is 0 Å². The van der Waals surface area contributed by atoms with E-state index in [1.807, 2.05) is 0 Å². The third-order valence-corrected chi connectivity index (χ3v) is 3.66. The number of benzene rings is 1. The van der Waals surface area contributed by atoms with Gasteiger partial charge in [-0.05, 0) is 24.8 Å². The molecule has 4 nitrogen and oxygen atoms in total. The highest BCUT2D eigenvalue weighted by atomic mass is 19.4. The number of hydrogen-bond acceptors (Lipinski definition) is 3. The highest BCUT2D eigenvalue weighted by molar-refractivity contribution is 5.69. The highest BCUT2D eigenvalue weighted by Gasteiger charge is 2.40. The monoisotopic (exact) mass is 304 g/mol. The Labute approximate surface area is 119 Å². The maximum Gasteiger partial charge on any atom is 0.420 e. The molecule has 1 unspecified atom stereocenters. The summed E-state index contributed by atoms with van der Waals surface area (Å²) in [4.78, 5) is 10.9. The summed E-state index contributed by atoms with van der Waals surface area (Å²) in [5.74, 6) is -2.75. The molecule has 7 heteroatoms. The Balaban J connectivity index is 2.47. The van der Waals surface area contributed by atoms with Crippen molar-refractivity contribution in [1.82, 2.24) is 0 Å². The summed E-state index contributed by atoms with van der Waals surface area (Å²) in [5.41, 5.74) is -0.874. The van der Waals surface area contributed by atoms with Gasteiger partial charge in [0.1, 0.15) is 5.56 Å². The fraction of sp³-hybridized carbons (Fsp3) is 0.500. The Hall–Kier alpha value is -1.92. The number of halogens is 3. The van der Waals surface area contributed by atoms with E-state index in [0.717, 1.165) is 32.1 Å².